The van der Waals surface area contributed by atoms with Gasteiger partial charge in [-0.3, -0.25) is 0 Å². The fourth-order valence-electron chi connectivity index (χ4n) is 3.42. The van der Waals surface area contributed by atoms with Gasteiger partial charge in [0, 0.05) is 5.56 Å². The van der Waals surface area contributed by atoms with E-state index in [0.717, 1.165) is 18.0 Å². The van der Waals surface area contributed by atoms with Crippen LogP contribution in [0.1, 0.15) is 5.56 Å². The molecule has 0 bridgehead atoms. The number of ether oxygens (including phenoxy) is 1. The first-order valence-electron chi connectivity index (χ1n) is 7.26. The number of aliphatic imine (C=N–C) groups is 1. The highest BCUT2D eigenvalue weighted by atomic mass is 16.5. The van der Waals surface area contributed by atoms with Crippen LogP contribution >= 0.6 is 0 Å². The molecule has 1 heterocycles. The molecule has 2 heteroatoms. The van der Waals surface area contributed by atoms with E-state index in [-0.39, 0.29) is 0 Å². The molecule has 0 amide bonds. The molecular weight excluding hydrogens is 258 g/mol. The van der Waals surface area contributed by atoms with E-state index in [1.807, 2.05) is 0 Å². The molecule has 21 heavy (non-hydrogen) atoms. The Bertz CT molecular complexity index is 1000. The average molecular weight is 271 g/mol. The number of hydrogen-bond acceptors (Lipinski definition) is 2. The number of nitrogens with zero attached hydrogens (tertiary/aromatic N) is 1. The second kappa shape index (κ2) is 3.95. The lowest BCUT2D eigenvalue weighted by molar-refractivity contribution is 0.348. The Morgan fingerprint density at radius 1 is 0.762 bits per heavy atom. The Kier molecular flexibility index (Phi) is 2.09. The van der Waals surface area contributed by atoms with Crippen LogP contribution in [-0.2, 0) is 4.74 Å². The summed E-state index contributed by atoms with van der Waals surface area (Å²) in [5.74, 6) is 0.785. The van der Waals surface area contributed by atoms with Crippen LogP contribution in [0.3, 0.4) is 0 Å². The zero-order valence-corrected chi connectivity index (χ0v) is 11.5. The summed E-state index contributed by atoms with van der Waals surface area (Å²) in [4.78, 5) is 4.48. The third-order valence-corrected chi connectivity index (χ3v) is 4.34. The molecule has 0 aliphatic carbocycles. The van der Waals surface area contributed by atoms with E-state index in [0.29, 0.717) is 6.61 Å². The van der Waals surface area contributed by atoms with Gasteiger partial charge in [0.25, 0.3) is 0 Å². The summed E-state index contributed by atoms with van der Waals surface area (Å²) in [6.45, 7) is 1.45. The maximum atomic E-state index is 5.68. The lowest BCUT2D eigenvalue weighted by Gasteiger charge is -2.13. The van der Waals surface area contributed by atoms with Gasteiger partial charge < -0.3 is 4.74 Å². The van der Waals surface area contributed by atoms with Crippen LogP contribution in [0, 0.1) is 0 Å². The molecule has 0 saturated carbocycles. The fourth-order valence-corrected chi connectivity index (χ4v) is 3.42. The van der Waals surface area contributed by atoms with Crippen molar-refractivity contribution < 1.29 is 4.74 Å². The minimum atomic E-state index is 0.692. The highest BCUT2D eigenvalue weighted by molar-refractivity contribution is 6.26. The number of rotatable bonds is 1. The van der Waals surface area contributed by atoms with E-state index in [1.54, 1.807) is 0 Å². The van der Waals surface area contributed by atoms with Gasteiger partial charge >= 0.3 is 0 Å². The Hall–Kier alpha value is -2.61. The van der Waals surface area contributed by atoms with Gasteiger partial charge in [-0.15, -0.1) is 0 Å². The van der Waals surface area contributed by atoms with Gasteiger partial charge in [0.1, 0.15) is 6.61 Å². The maximum Gasteiger partial charge on any atom is 0.216 e. The van der Waals surface area contributed by atoms with Crippen molar-refractivity contribution in [3.05, 3.63) is 60.2 Å². The fraction of sp³-hybridized carbons (Fsp3) is 0.105. The van der Waals surface area contributed by atoms with Gasteiger partial charge in [0.05, 0.1) is 6.54 Å². The molecule has 1 aliphatic heterocycles. The molecule has 0 unspecified atom stereocenters. The molecule has 0 fully saturated rings. The monoisotopic (exact) mass is 271 g/mol. The van der Waals surface area contributed by atoms with Crippen LogP contribution in [0.5, 0.6) is 0 Å². The van der Waals surface area contributed by atoms with Gasteiger partial charge in [0.15, 0.2) is 0 Å². The van der Waals surface area contributed by atoms with E-state index < -0.39 is 0 Å². The summed E-state index contributed by atoms with van der Waals surface area (Å²) >= 11 is 0. The van der Waals surface area contributed by atoms with Crippen molar-refractivity contribution >= 4 is 38.2 Å². The van der Waals surface area contributed by atoms with Gasteiger partial charge in [-0.1, -0.05) is 48.5 Å². The van der Waals surface area contributed by atoms with E-state index in [1.165, 1.54) is 32.3 Å². The standard InChI is InChI=1S/C19H13NO/c1-2-12-4-5-14-7-9-16(19-20-10-11-21-19)15-8-6-13(3-1)17(12)18(14)15/h1-9H,10-11H2. The van der Waals surface area contributed by atoms with Crippen LogP contribution in [0.4, 0.5) is 0 Å². The molecule has 5 rings (SSSR count). The van der Waals surface area contributed by atoms with Gasteiger partial charge in [-0.25, -0.2) is 4.99 Å². The van der Waals surface area contributed by atoms with Gasteiger partial charge in [-0.05, 0) is 38.4 Å². The van der Waals surface area contributed by atoms with Crippen molar-refractivity contribution in [2.45, 2.75) is 0 Å². The Morgan fingerprint density at radius 2 is 1.48 bits per heavy atom. The average Bonchev–Trinajstić information content (AvgIpc) is 3.07. The second-order valence-corrected chi connectivity index (χ2v) is 5.50. The second-order valence-electron chi connectivity index (χ2n) is 5.50. The van der Waals surface area contributed by atoms with Crippen molar-refractivity contribution in [3.8, 4) is 0 Å². The van der Waals surface area contributed by atoms with Crippen molar-refractivity contribution in [1.29, 1.82) is 0 Å². The predicted molar refractivity (Wildman–Crippen MR) is 87.5 cm³/mol. The predicted octanol–water partition coefficient (Wildman–Crippen LogP) is 4.36. The molecule has 0 atom stereocenters. The molecule has 4 aromatic carbocycles. The number of benzene rings is 4. The maximum absolute atomic E-state index is 5.68. The SMILES string of the molecule is c1cc2ccc3ccc(C4=NCCO4)c4ccc(c1)c2c34. The largest absolute Gasteiger partial charge is 0.475 e. The lowest BCUT2D eigenvalue weighted by Crippen LogP contribution is -2.02. The third kappa shape index (κ3) is 1.44. The van der Waals surface area contributed by atoms with Crippen LogP contribution in [0.15, 0.2) is 59.6 Å². The van der Waals surface area contributed by atoms with E-state index in [4.69, 9.17) is 4.74 Å². The van der Waals surface area contributed by atoms with Crippen molar-refractivity contribution in [2.24, 2.45) is 4.99 Å². The summed E-state index contributed by atoms with van der Waals surface area (Å²) in [6.07, 6.45) is 0. The quantitative estimate of drug-likeness (QED) is 0.471. The molecular formula is C19H13NO. The van der Waals surface area contributed by atoms with Gasteiger partial charge in [-0.2, -0.15) is 0 Å². The highest BCUT2D eigenvalue weighted by Crippen LogP contribution is 2.36. The van der Waals surface area contributed by atoms with Crippen LogP contribution in [0.25, 0.3) is 32.3 Å². The zero-order chi connectivity index (χ0) is 13.8. The highest BCUT2D eigenvalue weighted by Gasteiger charge is 2.16. The summed E-state index contributed by atoms with van der Waals surface area (Å²) in [7, 11) is 0. The first-order valence-corrected chi connectivity index (χ1v) is 7.26. The summed E-state index contributed by atoms with van der Waals surface area (Å²) < 4.78 is 5.68. The zero-order valence-electron chi connectivity index (χ0n) is 11.5. The first kappa shape index (κ1) is 11.1. The summed E-state index contributed by atoms with van der Waals surface area (Å²) in [5, 5.41) is 7.75. The molecule has 0 aromatic heterocycles. The molecule has 100 valence electrons. The van der Waals surface area contributed by atoms with E-state index in [2.05, 4.69) is 59.6 Å². The minimum Gasteiger partial charge on any atom is -0.475 e. The van der Waals surface area contributed by atoms with E-state index in [9.17, 15) is 0 Å². The molecule has 0 saturated heterocycles. The lowest BCUT2D eigenvalue weighted by atomic mass is 9.92. The topological polar surface area (TPSA) is 21.6 Å². The minimum absolute atomic E-state index is 0.692. The first-order chi connectivity index (χ1) is 10.4. The number of hydrogen-bond donors (Lipinski definition) is 0. The smallest absolute Gasteiger partial charge is 0.216 e. The Labute approximate surface area is 122 Å². The molecule has 4 aromatic rings. The summed E-state index contributed by atoms with van der Waals surface area (Å²) in [5.41, 5.74) is 1.11. The van der Waals surface area contributed by atoms with Crippen LogP contribution in [-0.4, -0.2) is 19.0 Å². The third-order valence-electron chi connectivity index (χ3n) is 4.34. The summed E-state index contributed by atoms with van der Waals surface area (Å²) in [6, 6.07) is 19.6. The molecule has 0 N–H and O–H groups in total. The molecule has 0 radical (unpaired) electrons. The van der Waals surface area contributed by atoms with E-state index >= 15 is 0 Å². The van der Waals surface area contributed by atoms with Gasteiger partial charge in [0.2, 0.25) is 5.90 Å². The van der Waals surface area contributed by atoms with Crippen molar-refractivity contribution in [2.75, 3.05) is 13.2 Å². The Balaban J connectivity index is 2.01. The van der Waals surface area contributed by atoms with Crippen LogP contribution in [0.2, 0.25) is 0 Å². The molecule has 2 nitrogen and oxygen atoms in total. The normalized spacial score (nSPS) is 15.0. The van der Waals surface area contributed by atoms with Crippen molar-refractivity contribution in [3.63, 3.8) is 0 Å². The molecule has 0 spiro atoms. The molecule has 1 aliphatic rings. The van der Waals surface area contributed by atoms with Crippen molar-refractivity contribution in [1.82, 2.24) is 0 Å². The van der Waals surface area contributed by atoms with Crippen LogP contribution < -0.4 is 0 Å². The Morgan fingerprint density at radius 3 is 2.24 bits per heavy atom.